The van der Waals surface area contributed by atoms with Crippen molar-refractivity contribution in [3.05, 3.63) is 77.1 Å². The van der Waals surface area contributed by atoms with Gasteiger partial charge >= 0.3 is 5.97 Å². The van der Waals surface area contributed by atoms with E-state index in [9.17, 15) is 14.0 Å². The molecule has 3 aromatic carbocycles. The summed E-state index contributed by atoms with van der Waals surface area (Å²) in [5.74, 6) is -1.44. The maximum absolute atomic E-state index is 15.0. The molecule has 33 heavy (non-hydrogen) atoms. The number of halogens is 1. The average Bonchev–Trinajstić information content (AvgIpc) is 3.16. The second-order valence-corrected chi connectivity index (χ2v) is 8.66. The Labute approximate surface area is 191 Å². The third-order valence-electron chi connectivity index (χ3n) is 6.63. The van der Waals surface area contributed by atoms with Crippen molar-refractivity contribution in [3.8, 4) is 5.75 Å². The minimum atomic E-state index is -0.557. The van der Waals surface area contributed by atoms with E-state index in [1.165, 1.54) is 6.07 Å². The van der Waals surface area contributed by atoms with Crippen LogP contribution in [0, 0.1) is 11.7 Å². The fourth-order valence-corrected chi connectivity index (χ4v) is 4.72. The summed E-state index contributed by atoms with van der Waals surface area (Å²) >= 11 is 0. The van der Waals surface area contributed by atoms with Crippen molar-refractivity contribution in [2.75, 3.05) is 6.61 Å². The lowest BCUT2D eigenvalue weighted by molar-refractivity contribution is -0.148. The van der Waals surface area contributed by atoms with E-state index in [0.29, 0.717) is 22.9 Å². The summed E-state index contributed by atoms with van der Waals surface area (Å²) in [5, 5.41) is 3.98. The van der Waals surface area contributed by atoms with Crippen molar-refractivity contribution in [3.63, 3.8) is 0 Å². The van der Waals surface area contributed by atoms with Crippen molar-refractivity contribution in [2.24, 2.45) is 5.92 Å². The van der Waals surface area contributed by atoms with Gasteiger partial charge in [-0.3, -0.25) is 9.59 Å². The molecular weight excluding hydrogens is 421 g/mol. The highest BCUT2D eigenvalue weighted by molar-refractivity contribution is 6.04. The van der Waals surface area contributed by atoms with Crippen LogP contribution >= 0.6 is 0 Å². The Balaban J connectivity index is 1.53. The number of hydrogen-bond acceptors (Lipinski definition) is 4. The standard InChI is InChI=1S/C27H26FNO4/c1-2-32-27(31)21-14-16-8-3-4-11-18(16)24(21)29-26(30)22-15-23(28)19-12-5-6-13-20(19)25(22)33-17-9-7-10-17/h3-6,8,11-13,15,17,21,24H,2,7,9-10,14H2,1H3,(H,29,30). The van der Waals surface area contributed by atoms with Gasteiger partial charge in [0, 0.05) is 10.8 Å². The van der Waals surface area contributed by atoms with Crippen LogP contribution in [0.2, 0.25) is 0 Å². The summed E-state index contributed by atoms with van der Waals surface area (Å²) in [6.07, 6.45) is 3.40. The highest BCUT2D eigenvalue weighted by Crippen LogP contribution is 2.39. The summed E-state index contributed by atoms with van der Waals surface area (Å²) in [6.45, 7) is 2.02. The van der Waals surface area contributed by atoms with E-state index in [4.69, 9.17) is 9.47 Å². The Hall–Kier alpha value is -3.41. The van der Waals surface area contributed by atoms with Crippen molar-refractivity contribution in [1.82, 2.24) is 5.32 Å². The molecule has 1 fully saturated rings. The number of carbonyl (C=O) groups is 2. The van der Waals surface area contributed by atoms with Crippen LogP contribution in [-0.4, -0.2) is 24.6 Å². The Bertz CT molecular complexity index is 1220. The first-order valence-corrected chi connectivity index (χ1v) is 11.5. The van der Waals surface area contributed by atoms with Gasteiger partial charge < -0.3 is 14.8 Å². The molecule has 2 unspecified atom stereocenters. The van der Waals surface area contributed by atoms with Gasteiger partial charge in [-0.25, -0.2) is 4.39 Å². The number of nitrogens with one attached hydrogen (secondary N) is 1. The van der Waals surface area contributed by atoms with Gasteiger partial charge in [-0.15, -0.1) is 0 Å². The maximum Gasteiger partial charge on any atom is 0.311 e. The zero-order valence-corrected chi connectivity index (χ0v) is 18.5. The van der Waals surface area contributed by atoms with E-state index >= 15 is 0 Å². The molecule has 3 aromatic rings. The number of carbonyl (C=O) groups excluding carboxylic acids is 2. The van der Waals surface area contributed by atoms with Gasteiger partial charge in [0.25, 0.3) is 5.91 Å². The van der Waals surface area contributed by atoms with Gasteiger partial charge in [0.15, 0.2) is 0 Å². The summed E-state index contributed by atoms with van der Waals surface area (Å²) in [5.41, 5.74) is 2.02. The van der Waals surface area contributed by atoms with E-state index in [2.05, 4.69) is 5.32 Å². The lowest BCUT2D eigenvalue weighted by atomic mass is 9.95. The first-order valence-electron chi connectivity index (χ1n) is 11.5. The molecule has 5 nitrogen and oxygen atoms in total. The number of rotatable bonds is 6. The number of hydrogen-bond donors (Lipinski definition) is 1. The molecular formula is C27H26FNO4. The van der Waals surface area contributed by atoms with Crippen molar-refractivity contribution >= 4 is 22.6 Å². The zero-order chi connectivity index (χ0) is 22.9. The molecule has 2 atom stereocenters. The molecule has 0 heterocycles. The largest absolute Gasteiger partial charge is 0.489 e. The molecule has 0 aliphatic heterocycles. The summed E-state index contributed by atoms with van der Waals surface area (Å²) < 4.78 is 26.4. The Kier molecular flexibility index (Phi) is 5.75. The summed E-state index contributed by atoms with van der Waals surface area (Å²) in [6, 6.07) is 15.4. The van der Waals surface area contributed by atoms with Crippen LogP contribution in [0.3, 0.4) is 0 Å². The van der Waals surface area contributed by atoms with Crippen LogP contribution in [0.25, 0.3) is 10.8 Å². The van der Waals surface area contributed by atoms with Crippen LogP contribution in [0.4, 0.5) is 4.39 Å². The minimum absolute atomic E-state index is 0.0184. The summed E-state index contributed by atoms with van der Waals surface area (Å²) in [7, 11) is 0. The fourth-order valence-electron chi connectivity index (χ4n) is 4.72. The topological polar surface area (TPSA) is 64.6 Å². The molecule has 0 bridgehead atoms. The van der Waals surface area contributed by atoms with Gasteiger partial charge in [-0.05, 0) is 49.8 Å². The van der Waals surface area contributed by atoms with E-state index in [1.807, 2.05) is 24.3 Å². The fraction of sp³-hybridized carbons (Fsp3) is 0.333. The lowest BCUT2D eigenvalue weighted by Gasteiger charge is -2.28. The molecule has 1 N–H and O–H groups in total. The van der Waals surface area contributed by atoms with Crippen molar-refractivity contribution in [1.29, 1.82) is 0 Å². The van der Waals surface area contributed by atoms with Crippen LogP contribution in [0.1, 0.15) is 53.7 Å². The molecule has 5 rings (SSSR count). The predicted molar refractivity (Wildman–Crippen MR) is 123 cm³/mol. The third kappa shape index (κ3) is 3.94. The van der Waals surface area contributed by atoms with E-state index < -0.39 is 23.7 Å². The van der Waals surface area contributed by atoms with Crippen LogP contribution in [-0.2, 0) is 16.0 Å². The Morgan fingerprint density at radius 3 is 2.52 bits per heavy atom. The van der Waals surface area contributed by atoms with Gasteiger partial charge in [-0.1, -0.05) is 48.5 Å². The summed E-state index contributed by atoms with van der Waals surface area (Å²) in [4.78, 5) is 26.2. The minimum Gasteiger partial charge on any atom is -0.489 e. The molecule has 1 amide bonds. The molecule has 170 valence electrons. The molecule has 0 saturated heterocycles. The second kappa shape index (κ2) is 8.85. The molecule has 0 radical (unpaired) electrons. The average molecular weight is 448 g/mol. The SMILES string of the molecule is CCOC(=O)C1Cc2ccccc2C1NC(=O)c1cc(F)c2ccccc2c1OC1CCC1. The number of esters is 1. The van der Waals surface area contributed by atoms with E-state index in [-0.39, 0.29) is 24.2 Å². The third-order valence-corrected chi connectivity index (χ3v) is 6.63. The first kappa shape index (κ1) is 21.4. The number of fused-ring (bicyclic) bond motifs is 2. The maximum atomic E-state index is 15.0. The Morgan fingerprint density at radius 2 is 1.79 bits per heavy atom. The lowest BCUT2D eigenvalue weighted by Crippen LogP contribution is -2.36. The van der Waals surface area contributed by atoms with Gasteiger partial charge in [0.1, 0.15) is 11.6 Å². The van der Waals surface area contributed by atoms with E-state index in [1.54, 1.807) is 31.2 Å². The highest BCUT2D eigenvalue weighted by atomic mass is 19.1. The second-order valence-electron chi connectivity index (χ2n) is 8.66. The number of benzene rings is 3. The normalized spacial score (nSPS) is 19.6. The van der Waals surface area contributed by atoms with Gasteiger partial charge in [0.2, 0.25) is 0 Å². The van der Waals surface area contributed by atoms with Crippen molar-refractivity contribution in [2.45, 2.75) is 44.8 Å². The van der Waals surface area contributed by atoms with E-state index in [0.717, 1.165) is 30.4 Å². The quantitative estimate of drug-likeness (QED) is 0.533. The Morgan fingerprint density at radius 1 is 1.06 bits per heavy atom. The first-order chi connectivity index (χ1) is 16.1. The zero-order valence-electron chi connectivity index (χ0n) is 18.5. The van der Waals surface area contributed by atoms with Gasteiger partial charge in [-0.2, -0.15) is 0 Å². The molecule has 1 saturated carbocycles. The predicted octanol–water partition coefficient (Wildman–Crippen LogP) is 5.12. The highest BCUT2D eigenvalue weighted by Gasteiger charge is 2.39. The molecule has 6 heteroatoms. The number of ether oxygens (including phenoxy) is 2. The van der Waals surface area contributed by atoms with Crippen LogP contribution in [0.15, 0.2) is 54.6 Å². The smallest absolute Gasteiger partial charge is 0.311 e. The van der Waals surface area contributed by atoms with Gasteiger partial charge in [0.05, 0.1) is 30.2 Å². The molecule has 2 aliphatic rings. The number of amides is 1. The van der Waals surface area contributed by atoms with Crippen molar-refractivity contribution < 1.29 is 23.5 Å². The van der Waals surface area contributed by atoms with Crippen LogP contribution in [0.5, 0.6) is 5.75 Å². The van der Waals surface area contributed by atoms with Crippen LogP contribution < -0.4 is 10.1 Å². The monoisotopic (exact) mass is 447 g/mol. The molecule has 2 aliphatic carbocycles. The molecule has 0 aromatic heterocycles. The molecule has 0 spiro atoms.